The Morgan fingerprint density at radius 3 is 1.61 bits per heavy atom. The van der Waals surface area contributed by atoms with E-state index in [0.717, 1.165) is 13.2 Å². The SMILES string of the molecule is CNCCOCCOCCOCCOCN(C)C. The summed E-state index contributed by atoms with van der Waals surface area (Å²) in [4.78, 5) is 1.97. The largest absolute Gasteiger partial charge is 0.378 e. The van der Waals surface area contributed by atoms with Gasteiger partial charge >= 0.3 is 0 Å². The Balaban J connectivity index is 2.90. The molecule has 0 aliphatic rings. The summed E-state index contributed by atoms with van der Waals surface area (Å²) in [5.74, 6) is 0. The molecule has 18 heavy (non-hydrogen) atoms. The predicted molar refractivity (Wildman–Crippen MR) is 70.9 cm³/mol. The molecule has 0 bridgehead atoms. The third kappa shape index (κ3) is 15.8. The molecule has 0 heterocycles. The van der Waals surface area contributed by atoms with Gasteiger partial charge in [0.2, 0.25) is 0 Å². The van der Waals surface area contributed by atoms with E-state index in [0.29, 0.717) is 46.4 Å². The summed E-state index contributed by atoms with van der Waals surface area (Å²) in [6.07, 6.45) is 0. The van der Waals surface area contributed by atoms with Crippen LogP contribution in [-0.2, 0) is 18.9 Å². The van der Waals surface area contributed by atoms with Crippen molar-refractivity contribution in [1.82, 2.24) is 10.2 Å². The lowest BCUT2D eigenvalue weighted by molar-refractivity contribution is -0.0148. The average Bonchev–Trinajstić information content (AvgIpc) is 2.34. The molecule has 6 heteroatoms. The van der Waals surface area contributed by atoms with E-state index < -0.39 is 0 Å². The standard InChI is InChI=1S/C12H28N2O4/c1-13-4-5-15-6-7-16-8-9-17-10-11-18-12-14(2)3/h13H,4-12H2,1-3H3. The molecule has 0 aromatic carbocycles. The number of ether oxygens (including phenoxy) is 4. The summed E-state index contributed by atoms with van der Waals surface area (Å²) >= 11 is 0. The maximum absolute atomic E-state index is 5.34. The molecule has 0 unspecified atom stereocenters. The van der Waals surface area contributed by atoms with Crippen molar-refractivity contribution in [3.8, 4) is 0 Å². The van der Waals surface area contributed by atoms with E-state index in [1.54, 1.807) is 0 Å². The minimum absolute atomic E-state index is 0.599. The van der Waals surface area contributed by atoms with Gasteiger partial charge in [-0.1, -0.05) is 0 Å². The van der Waals surface area contributed by atoms with Gasteiger partial charge in [-0.25, -0.2) is 0 Å². The van der Waals surface area contributed by atoms with Crippen molar-refractivity contribution in [3.05, 3.63) is 0 Å². The minimum Gasteiger partial charge on any atom is -0.378 e. The zero-order valence-electron chi connectivity index (χ0n) is 11.9. The molecule has 6 nitrogen and oxygen atoms in total. The van der Waals surface area contributed by atoms with E-state index >= 15 is 0 Å². The first-order valence-corrected chi connectivity index (χ1v) is 6.37. The number of hydrogen-bond donors (Lipinski definition) is 1. The first kappa shape index (κ1) is 17.8. The van der Waals surface area contributed by atoms with Gasteiger partial charge in [-0.3, -0.25) is 4.90 Å². The highest BCUT2D eigenvalue weighted by Gasteiger charge is 1.93. The van der Waals surface area contributed by atoms with Gasteiger partial charge < -0.3 is 24.3 Å². The fraction of sp³-hybridized carbons (Fsp3) is 1.00. The van der Waals surface area contributed by atoms with E-state index in [1.807, 2.05) is 26.0 Å². The third-order valence-electron chi connectivity index (χ3n) is 1.96. The van der Waals surface area contributed by atoms with Crippen LogP contribution in [0.2, 0.25) is 0 Å². The Kier molecular flexibility index (Phi) is 14.6. The van der Waals surface area contributed by atoms with Crippen molar-refractivity contribution in [1.29, 1.82) is 0 Å². The van der Waals surface area contributed by atoms with Crippen LogP contribution < -0.4 is 5.32 Å². The molecule has 0 saturated carbocycles. The Labute approximate surface area is 111 Å². The second-order valence-electron chi connectivity index (χ2n) is 4.06. The zero-order valence-corrected chi connectivity index (χ0v) is 11.9. The molecule has 0 rings (SSSR count). The molecule has 1 N–H and O–H groups in total. The van der Waals surface area contributed by atoms with Gasteiger partial charge in [0.05, 0.1) is 53.0 Å². The molecule has 0 saturated heterocycles. The lowest BCUT2D eigenvalue weighted by Gasteiger charge is -2.10. The van der Waals surface area contributed by atoms with Crippen molar-refractivity contribution in [2.24, 2.45) is 0 Å². The molecule has 0 aliphatic heterocycles. The molecule has 0 spiro atoms. The topological polar surface area (TPSA) is 52.2 Å². The van der Waals surface area contributed by atoms with Crippen LogP contribution in [0.3, 0.4) is 0 Å². The maximum Gasteiger partial charge on any atom is 0.0986 e. The van der Waals surface area contributed by atoms with Crippen LogP contribution in [0.1, 0.15) is 0 Å². The number of likely N-dealkylation sites (N-methyl/N-ethyl adjacent to an activating group) is 1. The van der Waals surface area contributed by atoms with Crippen molar-refractivity contribution in [2.75, 3.05) is 80.7 Å². The fourth-order valence-corrected chi connectivity index (χ4v) is 1.08. The number of hydrogen-bond acceptors (Lipinski definition) is 6. The van der Waals surface area contributed by atoms with Crippen LogP contribution >= 0.6 is 0 Å². The number of nitrogens with zero attached hydrogens (tertiary/aromatic N) is 1. The molecule has 0 amide bonds. The molecule has 0 radical (unpaired) electrons. The third-order valence-corrected chi connectivity index (χ3v) is 1.96. The quantitative estimate of drug-likeness (QED) is 0.346. The summed E-state index contributed by atoms with van der Waals surface area (Å²) in [6.45, 7) is 5.89. The molecule has 110 valence electrons. The monoisotopic (exact) mass is 264 g/mol. The highest BCUT2D eigenvalue weighted by Crippen LogP contribution is 1.83. The van der Waals surface area contributed by atoms with Crippen LogP contribution in [0.4, 0.5) is 0 Å². The minimum atomic E-state index is 0.599. The Morgan fingerprint density at radius 1 is 0.722 bits per heavy atom. The zero-order chi connectivity index (χ0) is 13.5. The van der Waals surface area contributed by atoms with Crippen molar-refractivity contribution in [2.45, 2.75) is 0 Å². The molecular weight excluding hydrogens is 236 g/mol. The van der Waals surface area contributed by atoms with Gasteiger partial charge in [0.25, 0.3) is 0 Å². The van der Waals surface area contributed by atoms with Gasteiger partial charge in [0.1, 0.15) is 0 Å². The lowest BCUT2D eigenvalue weighted by atomic mass is 10.6. The molecular formula is C12H28N2O4. The molecule has 0 aliphatic carbocycles. The van der Waals surface area contributed by atoms with Gasteiger partial charge in [0, 0.05) is 6.54 Å². The van der Waals surface area contributed by atoms with Crippen molar-refractivity contribution < 1.29 is 18.9 Å². The van der Waals surface area contributed by atoms with E-state index in [4.69, 9.17) is 18.9 Å². The maximum atomic E-state index is 5.34. The van der Waals surface area contributed by atoms with Crippen molar-refractivity contribution >= 4 is 0 Å². The second-order valence-corrected chi connectivity index (χ2v) is 4.06. The van der Waals surface area contributed by atoms with Gasteiger partial charge in [0.15, 0.2) is 0 Å². The predicted octanol–water partition coefficient (Wildman–Crippen LogP) is -0.209. The summed E-state index contributed by atoms with van der Waals surface area (Å²) in [5, 5.41) is 3.01. The Hall–Kier alpha value is -0.240. The lowest BCUT2D eigenvalue weighted by Crippen LogP contribution is -2.19. The van der Waals surface area contributed by atoms with Crippen LogP contribution in [0.15, 0.2) is 0 Å². The van der Waals surface area contributed by atoms with Crippen LogP contribution in [-0.4, -0.2) is 85.6 Å². The van der Waals surface area contributed by atoms with Crippen LogP contribution in [0.5, 0.6) is 0 Å². The van der Waals surface area contributed by atoms with E-state index in [2.05, 4.69) is 5.32 Å². The molecule has 0 atom stereocenters. The van der Waals surface area contributed by atoms with Gasteiger partial charge in [-0.05, 0) is 21.1 Å². The Bertz CT molecular complexity index is 159. The smallest absolute Gasteiger partial charge is 0.0986 e. The Morgan fingerprint density at radius 2 is 1.17 bits per heavy atom. The molecule has 0 aromatic rings. The van der Waals surface area contributed by atoms with E-state index in [9.17, 15) is 0 Å². The first-order valence-electron chi connectivity index (χ1n) is 6.37. The van der Waals surface area contributed by atoms with Gasteiger partial charge in [-0.2, -0.15) is 0 Å². The van der Waals surface area contributed by atoms with Crippen LogP contribution in [0, 0.1) is 0 Å². The summed E-state index contributed by atoms with van der Waals surface area (Å²) in [6, 6.07) is 0. The molecule has 0 aromatic heterocycles. The fourth-order valence-electron chi connectivity index (χ4n) is 1.08. The van der Waals surface area contributed by atoms with Crippen LogP contribution in [0.25, 0.3) is 0 Å². The average molecular weight is 264 g/mol. The number of rotatable bonds is 14. The molecule has 0 fully saturated rings. The highest BCUT2D eigenvalue weighted by molar-refractivity contribution is 4.37. The summed E-state index contributed by atoms with van der Waals surface area (Å²) in [5.41, 5.74) is 0. The van der Waals surface area contributed by atoms with E-state index in [-0.39, 0.29) is 0 Å². The normalized spacial score (nSPS) is 11.3. The summed E-state index contributed by atoms with van der Waals surface area (Å²) < 4.78 is 21.3. The van der Waals surface area contributed by atoms with Gasteiger partial charge in [-0.15, -0.1) is 0 Å². The summed E-state index contributed by atoms with van der Waals surface area (Å²) in [7, 11) is 5.83. The highest BCUT2D eigenvalue weighted by atomic mass is 16.6. The first-order chi connectivity index (χ1) is 8.77. The van der Waals surface area contributed by atoms with Crippen molar-refractivity contribution in [3.63, 3.8) is 0 Å². The second kappa shape index (κ2) is 14.8. The van der Waals surface area contributed by atoms with E-state index in [1.165, 1.54) is 0 Å². The number of nitrogens with one attached hydrogen (secondary N) is 1.